The summed E-state index contributed by atoms with van der Waals surface area (Å²) in [6, 6.07) is 22.9. The number of halogens is 2. The molecule has 0 amide bonds. The number of hydrogen-bond acceptors (Lipinski definition) is 0. The maximum atomic E-state index is 6.18. The number of benzene rings is 3. The van der Waals surface area contributed by atoms with E-state index in [0.717, 1.165) is 10.8 Å². The first kappa shape index (κ1) is 12.7. The van der Waals surface area contributed by atoms with Gasteiger partial charge in [0.05, 0.1) is 0 Å². The molecule has 3 rings (SSSR count). The van der Waals surface area contributed by atoms with E-state index in [1.807, 2.05) is 18.2 Å². The summed E-state index contributed by atoms with van der Waals surface area (Å²) < 4.78 is 0. The topological polar surface area (TPSA) is 0 Å². The van der Waals surface area contributed by atoms with Crippen molar-refractivity contribution < 1.29 is 0 Å². The van der Waals surface area contributed by atoms with Gasteiger partial charge in [0.25, 0.3) is 7.42 Å². The van der Waals surface area contributed by atoms with Crippen LogP contribution in [0.25, 0.3) is 21.9 Å². The van der Waals surface area contributed by atoms with Gasteiger partial charge in [-0.15, -0.1) is 22.2 Å². The van der Waals surface area contributed by atoms with Crippen LogP contribution in [0.2, 0.25) is 0 Å². The third kappa shape index (κ3) is 2.55. The largest absolute Gasteiger partial charge is 0.267 e. The molecule has 0 N–H and O–H groups in total. The van der Waals surface area contributed by atoms with Crippen LogP contribution in [0, 0.1) is 0 Å². The predicted molar refractivity (Wildman–Crippen MR) is 87.9 cm³/mol. The van der Waals surface area contributed by atoms with Gasteiger partial charge in [-0.1, -0.05) is 60.7 Å². The minimum atomic E-state index is -1.86. The lowest BCUT2D eigenvalue weighted by molar-refractivity contribution is 1.68. The molecule has 19 heavy (non-hydrogen) atoms. The molecule has 3 aromatic carbocycles. The minimum absolute atomic E-state index is 1.08. The number of hydrogen-bond donors (Lipinski definition) is 0. The zero-order valence-electron chi connectivity index (χ0n) is 10.2. The van der Waals surface area contributed by atoms with Crippen LogP contribution in [-0.4, -0.2) is 7.42 Å². The molecule has 0 aromatic heterocycles. The van der Waals surface area contributed by atoms with Crippen LogP contribution < -0.4 is 5.19 Å². The van der Waals surface area contributed by atoms with Gasteiger partial charge in [0.1, 0.15) is 0 Å². The van der Waals surface area contributed by atoms with Gasteiger partial charge in [-0.25, -0.2) is 0 Å². The molecule has 3 aromatic rings. The van der Waals surface area contributed by atoms with Crippen molar-refractivity contribution in [3.05, 3.63) is 66.7 Å². The van der Waals surface area contributed by atoms with Crippen molar-refractivity contribution in [3.63, 3.8) is 0 Å². The lowest BCUT2D eigenvalue weighted by Crippen LogP contribution is -2.20. The third-order valence-corrected chi connectivity index (χ3v) is 5.64. The smallest absolute Gasteiger partial charge is 0.144 e. The first-order valence-corrected chi connectivity index (χ1v) is 10.2. The maximum Gasteiger partial charge on any atom is 0.267 e. The van der Waals surface area contributed by atoms with Crippen molar-refractivity contribution in [1.29, 1.82) is 0 Å². The molecule has 3 heteroatoms. The molecule has 0 fully saturated rings. The van der Waals surface area contributed by atoms with Crippen LogP contribution in [0.1, 0.15) is 0 Å². The lowest BCUT2D eigenvalue weighted by Gasteiger charge is -2.10. The normalized spacial score (nSPS) is 11.1. The summed E-state index contributed by atoms with van der Waals surface area (Å²) in [5.41, 5.74) is 2.32. The Hall–Kier alpha value is -1.28. The summed E-state index contributed by atoms with van der Waals surface area (Å²) in [7, 11) is -1.86. The van der Waals surface area contributed by atoms with Crippen molar-refractivity contribution in [2.75, 3.05) is 0 Å². The second kappa shape index (κ2) is 5.38. The summed E-state index contributed by atoms with van der Waals surface area (Å²) >= 11 is 12.4. The van der Waals surface area contributed by atoms with Crippen LogP contribution in [0.3, 0.4) is 0 Å². The van der Waals surface area contributed by atoms with E-state index < -0.39 is 7.42 Å². The summed E-state index contributed by atoms with van der Waals surface area (Å²) in [5.74, 6) is 0. The van der Waals surface area contributed by atoms with Gasteiger partial charge in [-0.3, -0.25) is 0 Å². The molecule has 0 unspecified atom stereocenters. The third-order valence-electron chi connectivity index (χ3n) is 3.26. The zero-order valence-corrected chi connectivity index (χ0v) is 12.9. The van der Waals surface area contributed by atoms with Gasteiger partial charge in [0, 0.05) is 0 Å². The molecule has 0 aliphatic heterocycles. The van der Waals surface area contributed by atoms with Gasteiger partial charge in [0.2, 0.25) is 0 Å². The Labute approximate surface area is 123 Å². The predicted octanol–water partition coefficient (Wildman–Crippen LogP) is 4.41. The van der Waals surface area contributed by atoms with E-state index in [1.54, 1.807) is 0 Å². The van der Waals surface area contributed by atoms with E-state index in [2.05, 4.69) is 48.5 Å². The molecule has 94 valence electrons. The van der Waals surface area contributed by atoms with E-state index in [0.29, 0.717) is 0 Å². The average molecular weight is 303 g/mol. The van der Waals surface area contributed by atoms with E-state index in [-0.39, 0.29) is 0 Å². The van der Waals surface area contributed by atoms with Crippen molar-refractivity contribution >= 4 is 45.5 Å². The average Bonchev–Trinajstić information content (AvgIpc) is 2.46. The molecule has 0 nitrogen and oxygen atoms in total. The lowest BCUT2D eigenvalue weighted by atomic mass is 10.0. The monoisotopic (exact) mass is 302 g/mol. The van der Waals surface area contributed by atoms with E-state index in [4.69, 9.17) is 22.2 Å². The minimum Gasteiger partial charge on any atom is -0.144 e. The number of fused-ring (bicyclic) bond motifs is 1. The summed E-state index contributed by atoms with van der Waals surface area (Å²) in [4.78, 5) is 0. The molecule has 0 atom stereocenters. The highest BCUT2D eigenvalue weighted by atomic mass is 35.7. The summed E-state index contributed by atoms with van der Waals surface area (Å²) in [5, 5.41) is 3.56. The molecule has 0 radical (unpaired) electrons. The second-order valence-corrected chi connectivity index (χ2v) is 8.96. The van der Waals surface area contributed by atoms with E-state index >= 15 is 0 Å². The molecule has 0 aliphatic rings. The Balaban J connectivity index is 2.19. The molecule has 0 saturated heterocycles. The molecular weight excluding hydrogens is 291 g/mol. The fourth-order valence-corrected chi connectivity index (χ4v) is 4.20. The molecule has 0 bridgehead atoms. The Bertz CT molecular complexity index is 723. The van der Waals surface area contributed by atoms with Crippen LogP contribution in [0.15, 0.2) is 66.7 Å². The maximum absolute atomic E-state index is 6.18. The van der Waals surface area contributed by atoms with Crippen LogP contribution in [-0.2, 0) is 0 Å². The Morgan fingerprint density at radius 2 is 1.37 bits per heavy atom. The van der Waals surface area contributed by atoms with Crippen molar-refractivity contribution in [2.45, 2.75) is 0 Å². The fourth-order valence-electron chi connectivity index (χ4n) is 2.31. The summed E-state index contributed by atoms with van der Waals surface area (Å²) in [6.45, 7) is 0. The van der Waals surface area contributed by atoms with Crippen molar-refractivity contribution in [1.82, 2.24) is 0 Å². The van der Waals surface area contributed by atoms with Gasteiger partial charge in [0.15, 0.2) is 0 Å². The van der Waals surface area contributed by atoms with Gasteiger partial charge < -0.3 is 0 Å². The highest BCUT2D eigenvalue weighted by molar-refractivity contribution is 7.39. The van der Waals surface area contributed by atoms with Crippen molar-refractivity contribution in [2.24, 2.45) is 0 Å². The molecule has 0 aliphatic carbocycles. The SMILES string of the molecule is Cl[SiH](Cl)c1ccccc1-c1ccc2ccccc2c1. The molecular formula is C16H12Cl2Si. The molecule has 0 spiro atoms. The van der Waals surface area contributed by atoms with Crippen molar-refractivity contribution in [3.8, 4) is 11.1 Å². The van der Waals surface area contributed by atoms with Gasteiger partial charge >= 0.3 is 0 Å². The van der Waals surface area contributed by atoms with Gasteiger partial charge in [-0.2, -0.15) is 0 Å². The summed E-state index contributed by atoms with van der Waals surface area (Å²) in [6.07, 6.45) is 0. The van der Waals surface area contributed by atoms with Crippen LogP contribution in [0.5, 0.6) is 0 Å². The zero-order chi connectivity index (χ0) is 13.2. The number of rotatable bonds is 2. The first-order valence-electron chi connectivity index (χ1n) is 6.12. The quantitative estimate of drug-likeness (QED) is 0.486. The van der Waals surface area contributed by atoms with Crippen LogP contribution in [0.4, 0.5) is 0 Å². The van der Waals surface area contributed by atoms with E-state index in [1.165, 1.54) is 16.3 Å². The highest BCUT2D eigenvalue weighted by Gasteiger charge is 2.12. The fraction of sp³-hybridized carbons (Fsp3) is 0. The Morgan fingerprint density at radius 1 is 0.684 bits per heavy atom. The van der Waals surface area contributed by atoms with E-state index in [9.17, 15) is 0 Å². The van der Waals surface area contributed by atoms with Crippen LogP contribution >= 0.6 is 22.2 Å². The van der Waals surface area contributed by atoms with Gasteiger partial charge in [-0.05, 0) is 33.2 Å². The Kier molecular flexibility index (Phi) is 3.60. The first-order chi connectivity index (χ1) is 9.25. The highest BCUT2D eigenvalue weighted by Crippen LogP contribution is 2.24. The standard InChI is InChI=1S/C16H12Cl2Si/c17-19(18)16-8-4-3-7-15(16)14-10-9-12-5-1-2-6-13(12)11-14/h1-11,19H. The molecule has 0 saturated carbocycles. The Morgan fingerprint density at radius 3 is 2.16 bits per heavy atom. The second-order valence-electron chi connectivity index (χ2n) is 4.45. The molecule has 0 heterocycles.